The lowest BCUT2D eigenvalue weighted by Gasteiger charge is -2.43. The second-order valence-corrected chi connectivity index (χ2v) is 6.72. The third-order valence-electron chi connectivity index (χ3n) is 5.60. The zero-order valence-corrected chi connectivity index (χ0v) is 11.1. The van der Waals surface area contributed by atoms with E-state index in [-0.39, 0.29) is 0 Å². The number of hydrogen-bond donors (Lipinski definition) is 1. The Morgan fingerprint density at radius 3 is 2.47 bits per heavy atom. The minimum absolute atomic E-state index is 0.367. The van der Waals surface area contributed by atoms with Crippen LogP contribution in [0.4, 0.5) is 4.39 Å². The van der Waals surface area contributed by atoms with E-state index in [4.69, 9.17) is 0 Å². The Morgan fingerprint density at radius 2 is 1.82 bits per heavy atom. The van der Waals surface area contributed by atoms with E-state index in [1.165, 1.54) is 32.1 Å². The summed E-state index contributed by atoms with van der Waals surface area (Å²) in [5.41, 5.74) is -0.828. The first-order chi connectivity index (χ1) is 8.19. The SMILES string of the molecule is CCC1CCCC(C2(F)CC3CCC(C2)N3)C1. The third kappa shape index (κ3) is 2.25. The van der Waals surface area contributed by atoms with Gasteiger partial charge in [-0.05, 0) is 50.4 Å². The average molecular weight is 239 g/mol. The van der Waals surface area contributed by atoms with E-state index >= 15 is 4.39 Å². The molecule has 1 nitrogen and oxygen atoms in total. The number of fused-ring (bicyclic) bond motifs is 2. The molecule has 0 aromatic carbocycles. The lowest BCUT2D eigenvalue weighted by atomic mass is 9.68. The number of rotatable bonds is 2. The molecule has 3 rings (SSSR count). The molecule has 2 bridgehead atoms. The maximum absolute atomic E-state index is 15.3. The van der Waals surface area contributed by atoms with E-state index in [0.717, 1.165) is 31.6 Å². The zero-order chi connectivity index (χ0) is 11.9. The molecular formula is C15H26FN. The van der Waals surface area contributed by atoms with Gasteiger partial charge in [-0.2, -0.15) is 0 Å². The highest BCUT2D eigenvalue weighted by atomic mass is 19.1. The van der Waals surface area contributed by atoms with Gasteiger partial charge < -0.3 is 5.32 Å². The van der Waals surface area contributed by atoms with Crippen molar-refractivity contribution in [3.8, 4) is 0 Å². The molecule has 1 N–H and O–H groups in total. The summed E-state index contributed by atoms with van der Waals surface area (Å²) in [6.45, 7) is 2.27. The van der Waals surface area contributed by atoms with Crippen molar-refractivity contribution in [3.63, 3.8) is 0 Å². The number of hydrogen-bond acceptors (Lipinski definition) is 1. The molecule has 1 aliphatic carbocycles. The van der Waals surface area contributed by atoms with Crippen LogP contribution in [0.15, 0.2) is 0 Å². The predicted molar refractivity (Wildman–Crippen MR) is 68.8 cm³/mol. The molecule has 17 heavy (non-hydrogen) atoms. The van der Waals surface area contributed by atoms with Gasteiger partial charge in [0.2, 0.25) is 0 Å². The fourth-order valence-electron chi connectivity index (χ4n) is 4.59. The van der Waals surface area contributed by atoms with E-state index in [1.807, 2.05) is 0 Å². The number of alkyl halides is 1. The smallest absolute Gasteiger partial charge is 0.116 e. The summed E-state index contributed by atoms with van der Waals surface area (Å²) in [5, 5.41) is 3.57. The summed E-state index contributed by atoms with van der Waals surface area (Å²) in [6, 6.07) is 0.974. The monoisotopic (exact) mass is 239 g/mol. The fourth-order valence-corrected chi connectivity index (χ4v) is 4.59. The van der Waals surface area contributed by atoms with Gasteiger partial charge in [-0.3, -0.25) is 0 Å². The van der Waals surface area contributed by atoms with Crippen molar-refractivity contribution in [2.75, 3.05) is 0 Å². The van der Waals surface area contributed by atoms with Crippen LogP contribution in [0.5, 0.6) is 0 Å². The third-order valence-corrected chi connectivity index (χ3v) is 5.60. The molecule has 0 aromatic rings. The molecule has 0 radical (unpaired) electrons. The normalized spacial score (nSPS) is 50.5. The van der Waals surface area contributed by atoms with Gasteiger partial charge in [0, 0.05) is 12.1 Å². The number of halogens is 1. The minimum Gasteiger partial charge on any atom is -0.311 e. The molecule has 2 heteroatoms. The summed E-state index contributed by atoms with van der Waals surface area (Å²) in [7, 11) is 0. The van der Waals surface area contributed by atoms with Crippen molar-refractivity contribution in [1.82, 2.24) is 5.32 Å². The van der Waals surface area contributed by atoms with E-state index in [0.29, 0.717) is 18.0 Å². The quantitative estimate of drug-likeness (QED) is 0.772. The minimum atomic E-state index is -0.828. The molecule has 2 heterocycles. The highest BCUT2D eigenvalue weighted by molar-refractivity contribution is 5.03. The maximum atomic E-state index is 15.3. The lowest BCUT2D eigenvalue weighted by molar-refractivity contribution is -0.00261. The van der Waals surface area contributed by atoms with Gasteiger partial charge in [0.15, 0.2) is 0 Å². The molecular weight excluding hydrogens is 213 g/mol. The number of piperidine rings is 1. The summed E-state index contributed by atoms with van der Waals surface area (Å²) in [4.78, 5) is 0. The summed E-state index contributed by atoms with van der Waals surface area (Å²) < 4.78 is 15.3. The standard InChI is InChI=1S/C15H26FN/c1-2-11-4-3-5-12(8-11)15(16)9-13-6-7-14(10-15)17-13/h11-14,17H,2-10H2,1H3. The molecule has 0 spiro atoms. The average Bonchev–Trinajstić information content (AvgIpc) is 2.69. The first kappa shape index (κ1) is 12.0. The first-order valence-corrected chi connectivity index (χ1v) is 7.64. The van der Waals surface area contributed by atoms with Crippen molar-refractivity contribution < 1.29 is 4.39 Å². The van der Waals surface area contributed by atoms with Crippen LogP contribution in [-0.4, -0.2) is 17.8 Å². The van der Waals surface area contributed by atoms with Crippen molar-refractivity contribution in [2.24, 2.45) is 11.8 Å². The number of nitrogens with one attached hydrogen (secondary N) is 1. The Morgan fingerprint density at radius 1 is 1.12 bits per heavy atom. The van der Waals surface area contributed by atoms with Crippen molar-refractivity contribution in [3.05, 3.63) is 0 Å². The zero-order valence-electron chi connectivity index (χ0n) is 11.1. The van der Waals surface area contributed by atoms with Crippen LogP contribution in [0.25, 0.3) is 0 Å². The van der Waals surface area contributed by atoms with E-state index in [2.05, 4.69) is 12.2 Å². The van der Waals surface area contributed by atoms with Crippen molar-refractivity contribution in [2.45, 2.75) is 82.5 Å². The molecule has 4 unspecified atom stereocenters. The highest BCUT2D eigenvalue weighted by Gasteiger charge is 2.49. The van der Waals surface area contributed by atoms with E-state index in [1.54, 1.807) is 0 Å². The van der Waals surface area contributed by atoms with Gasteiger partial charge in [-0.15, -0.1) is 0 Å². The van der Waals surface area contributed by atoms with Gasteiger partial charge in [0.1, 0.15) is 5.67 Å². The Kier molecular flexibility index (Phi) is 3.18. The van der Waals surface area contributed by atoms with E-state index < -0.39 is 5.67 Å². The largest absolute Gasteiger partial charge is 0.311 e. The lowest BCUT2D eigenvalue weighted by Crippen LogP contribution is -2.50. The van der Waals surface area contributed by atoms with Crippen LogP contribution in [0.3, 0.4) is 0 Å². The second-order valence-electron chi connectivity index (χ2n) is 6.72. The molecule has 1 saturated carbocycles. The molecule has 2 aliphatic heterocycles. The topological polar surface area (TPSA) is 12.0 Å². The van der Waals surface area contributed by atoms with Crippen molar-refractivity contribution >= 4 is 0 Å². The molecule has 3 fully saturated rings. The Bertz CT molecular complexity index is 266. The van der Waals surface area contributed by atoms with Gasteiger partial charge in [0.05, 0.1) is 0 Å². The summed E-state index contributed by atoms with van der Waals surface area (Å²) in [6.07, 6.45) is 10.2. The molecule has 98 valence electrons. The molecule has 0 amide bonds. The first-order valence-electron chi connectivity index (χ1n) is 7.64. The van der Waals surface area contributed by atoms with Gasteiger partial charge in [-0.1, -0.05) is 26.2 Å². The maximum Gasteiger partial charge on any atom is 0.116 e. The highest BCUT2D eigenvalue weighted by Crippen LogP contribution is 2.47. The Hall–Kier alpha value is -0.110. The van der Waals surface area contributed by atoms with Crippen LogP contribution < -0.4 is 5.32 Å². The Labute approximate surface area is 105 Å². The molecule has 3 aliphatic rings. The van der Waals surface area contributed by atoms with Crippen LogP contribution in [-0.2, 0) is 0 Å². The van der Waals surface area contributed by atoms with Gasteiger partial charge >= 0.3 is 0 Å². The summed E-state index contributed by atoms with van der Waals surface area (Å²) >= 11 is 0. The van der Waals surface area contributed by atoms with Gasteiger partial charge in [0.25, 0.3) is 0 Å². The van der Waals surface area contributed by atoms with Crippen LogP contribution in [0, 0.1) is 11.8 Å². The van der Waals surface area contributed by atoms with Crippen molar-refractivity contribution in [1.29, 1.82) is 0 Å². The van der Waals surface area contributed by atoms with E-state index in [9.17, 15) is 0 Å². The molecule has 2 saturated heterocycles. The Balaban J connectivity index is 1.69. The molecule has 0 aromatic heterocycles. The van der Waals surface area contributed by atoms with Crippen LogP contribution in [0.1, 0.15) is 64.7 Å². The fraction of sp³-hybridized carbons (Fsp3) is 1.00. The van der Waals surface area contributed by atoms with Crippen LogP contribution in [0.2, 0.25) is 0 Å². The van der Waals surface area contributed by atoms with Crippen LogP contribution >= 0.6 is 0 Å². The van der Waals surface area contributed by atoms with Gasteiger partial charge in [-0.25, -0.2) is 4.39 Å². The summed E-state index contributed by atoms with van der Waals surface area (Å²) in [5.74, 6) is 1.17. The predicted octanol–water partition coefficient (Wildman–Crippen LogP) is 3.83. The molecule has 4 atom stereocenters. The second kappa shape index (κ2) is 4.53.